The van der Waals surface area contributed by atoms with E-state index in [1.807, 2.05) is 0 Å². The highest BCUT2D eigenvalue weighted by Crippen LogP contribution is 2.25. The predicted molar refractivity (Wildman–Crippen MR) is 67.1 cm³/mol. The van der Waals surface area contributed by atoms with Gasteiger partial charge in [0.1, 0.15) is 0 Å². The fraction of sp³-hybridized carbons (Fsp3) is 0.250. The van der Waals surface area contributed by atoms with Crippen LogP contribution in [0.3, 0.4) is 0 Å². The lowest BCUT2D eigenvalue weighted by molar-refractivity contribution is 0.354. The molecule has 1 aromatic heterocycles. The van der Waals surface area contributed by atoms with E-state index < -0.39 is 5.82 Å². The van der Waals surface area contributed by atoms with Crippen molar-refractivity contribution >= 4 is 5.95 Å². The molecular formula is C12H13FN4O2. The smallest absolute Gasteiger partial charge is 0.330 e. The van der Waals surface area contributed by atoms with Crippen LogP contribution in [0, 0.1) is 12.7 Å². The molecule has 0 radical (unpaired) electrons. The van der Waals surface area contributed by atoms with E-state index in [-0.39, 0.29) is 23.7 Å². The Kier molecular flexibility index (Phi) is 3.74. The summed E-state index contributed by atoms with van der Waals surface area (Å²) in [5.74, 6) is -0.127. The highest BCUT2D eigenvalue weighted by atomic mass is 19.1. The number of ether oxygens (including phenoxy) is 2. The summed E-state index contributed by atoms with van der Waals surface area (Å²) < 4.78 is 24.0. The van der Waals surface area contributed by atoms with Gasteiger partial charge >= 0.3 is 12.0 Å². The van der Waals surface area contributed by atoms with Gasteiger partial charge in [0.15, 0.2) is 11.6 Å². The molecule has 0 unspecified atom stereocenters. The Morgan fingerprint density at radius 2 is 1.89 bits per heavy atom. The molecule has 0 aliphatic carbocycles. The van der Waals surface area contributed by atoms with Crippen molar-refractivity contribution in [1.82, 2.24) is 15.0 Å². The van der Waals surface area contributed by atoms with Crippen LogP contribution in [0.4, 0.5) is 10.3 Å². The van der Waals surface area contributed by atoms with E-state index in [4.69, 9.17) is 9.47 Å². The van der Waals surface area contributed by atoms with Gasteiger partial charge in [0.25, 0.3) is 0 Å². The molecule has 0 saturated carbocycles. The highest BCUT2D eigenvalue weighted by Gasteiger charge is 2.11. The van der Waals surface area contributed by atoms with Crippen molar-refractivity contribution in [1.29, 1.82) is 0 Å². The number of rotatable bonds is 4. The summed E-state index contributed by atoms with van der Waals surface area (Å²) in [5.41, 5.74) is 0.479. The number of halogens is 1. The number of nitrogens with one attached hydrogen (secondary N) is 1. The second-order valence-corrected chi connectivity index (χ2v) is 3.67. The third-order valence-electron chi connectivity index (χ3n) is 2.36. The lowest BCUT2D eigenvalue weighted by atomic mass is 10.2. The first-order chi connectivity index (χ1) is 9.13. The number of hydrogen-bond donors (Lipinski definition) is 1. The molecule has 0 fully saturated rings. The summed E-state index contributed by atoms with van der Waals surface area (Å²) in [6.07, 6.45) is 0. The minimum Gasteiger partial charge on any atom is -0.467 e. The van der Waals surface area contributed by atoms with Gasteiger partial charge in [-0.1, -0.05) is 12.1 Å². The number of methoxy groups -OCH3 is 1. The molecule has 19 heavy (non-hydrogen) atoms. The van der Waals surface area contributed by atoms with Gasteiger partial charge in [-0.2, -0.15) is 9.97 Å². The third kappa shape index (κ3) is 2.87. The minimum absolute atomic E-state index is 0.0410. The zero-order chi connectivity index (χ0) is 13.8. The topological polar surface area (TPSA) is 69.2 Å². The number of nitrogens with zero attached hydrogens (tertiary/aromatic N) is 3. The van der Waals surface area contributed by atoms with Crippen LogP contribution in [-0.2, 0) is 0 Å². The van der Waals surface area contributed by atoms with Gasteiger partial charge in [-0.3, -0.25) is 0 Å². The molecular weight excluding hydrogens is 251 g/mol. The lowest BCUT2D eigenvalue weighted by Gasteiger charge is -2.08. The van der Waals surface area contributed by atoms with Crippen LogP contribution in [0.2, 0.25) is 0 Å². The standard InChI is InChI=1S/C12H13FN4O2/c1-7-5-4-6-8(9(7)13)19-12-16-10(14-2)15-11(17-12)18-3/h4-6H,1-3H3,(H,14,15,16,17). The Morgan fingerprint density at radius 3 is 2.58 bits per heavy atom. The molecule has 2 aromatic rings. The number of anilines is 1. The normalized spacial score (nSPS) is 10.1. The van der Waals surface area contributed by atoms with E-state index in [1.165, 1.54) is 13.2 Å². The maximum absolute atomic E-state index is 13.8. The van der Waals surface area contributed by atoms with Crippen molar-refractivity contribution in [3.05, 3.63) is 29.6 Å². The van der Waals surface area contributed by atoms with Crippen LogP contribution < -0.4 is 14.8 Å². The summed E-state index contributed by atoms with van der Waals surface area (Å²) >= 11 is 0. The average molecular weight is 264 g/mol. The van der Waals surface area contributed by atoms with Gasteiger partial charge in [-0.15, -0.1) is 4.98 Å². The van der Waals surface area contributed by atoms with E-state index in [0.717, 1.165) is 0 Å². The predicted octanol–water partition coefficient (Wildman–Crippen LogP) is 2.16. The monoisotopic (exact) mass is 264 g/mol. The quantitative estimate of drug-likeness (QED) is 0.912. The fourth-order valence-corrected chi connectivity index (χ4v) is 1.38. The molecule has 100 valence electrons. The second-order valence-electron chi connectivity index (χ2n) is 3.67. The van der Waals surface area contributed by atoms with Gasteiger partial charge in [0.05, 0.1) is 7.11 Å². The molecule has 0 bridgehead atoms. The zero-order valence-corrected chi connectivity index (χ0v) is 10.8. The Labute approximate surface area is 109 Å². The summed E-state index contributed by atoms with van der Waals surface area (Å²) in [7, 11) is 3.07. The molecule has 0 saturated heterocycles. The molecule has 0 amide bonds. The Hall–Kier alpha value is -2.44. The van der Waals surface area contributed by atoms with Crippen molar-refractivity contribution in [2.24, 2.45) is 0 Å². The average Bonchev–Trinajstić information content (AvgIpc) is 2.43. The van der Waals surface area contributed by atoms with Crippen LogP contribution in [0.25, 0.3) is 0 Å². The van der Waals surface area contributed by atoms with Crippen LogP contribution >= 0.6 is 0 Å². The Balaban J connectivity index is 2.34. The molecule has 1 N–H and O–H groups in total. The van der Waals surface area contributed by atoms with Gasteiger partial charge in [0.2, 0.25) is 5.95 Å². The largest absolute Gasteiger partial charge is 0.467 e. The van der Waals surface area contributed by atoms with Gasteiger partial charge in [-0.05, 0) is 18.6 Å². The second kappa shape index (κ2) is 5.47. The van der Waals surface area contributed by atoms with Gasteiger partial charge in [0, 0.05) is 7.05 Å². The Morgan fingerprint density at radius 1 is 1.16 bits per heavy atom. The number of aryl methyl sites for hydroxylation is 1. The van der Waals surface area contributed by atoms with Crippen molar-refractivity contribution < 1.29 is 13.9 Å². The van der Waals surface area contributed by atoms with E-state index in [1.54, 1.807) is 26.1 Å². The van der Waals surface area contributed by atoms with E-state index in [9.17, 15) is 4.39 Å². The van der Waals surface area contributed by atoms with Crippen LogP contribution in [0.1, 0.15) is 5.56 Å². The van der Waals surface area contributed by atoms with E-state index in [2.05, 4.69) is 20.3 Å². The van der Waals surface area contributed by atoms with Crippen molar-refractivity contribution in [3.8, 4) is 17.8 Å². The number of hydrogen-bond acceptors (Lipinski definition) is 6. The van der Waals surface area contributed by atoms with Crippen molar-refractivity contribution in [2.75, 3.05) is 19.5 Å². The molecule has 0 aliphatic rings. The van der Waals surface area contributed by atoms with E-state index >= 15 is 0 Å². The molecule has 0 spiro atoms. The maximum atomic E-state index is 13.8. The van der Waals surface area contributed by atoms with Crippen molar-refractivity contribution in [2.45, 2.75) is 6.92 Å². The molecule has 1 aromatic carbocycles. The number of benzene rings is 1. The molecule has 7 heteroatoms. The van der Waals surface area contributed by atoms with Gasteiger partial charge < -0.3 is 14.8 Å². The first-order valence-corrected chi connectivity index (χ1v) is 5.55. The van der Waals surface area contributed by atoms with Crippen LogP contribution in [-0.4, -0.2) is 29.1 Å². The molecule has 0 aliphatic heterocycles. The summed E-state index contributed by atoms with van der Waals surface area (Å²) in [6.45, 7) is 1.65. The summed E-state index contributed by atoms with van der Waals surface area (Å²) in [6, 6.07) is 4.88. The van der Waals surface area contributed by atoms with Crippen molar-refractivity contribution in [3.63, 3.8) is 0 Å². The first kappa shape index (κ1) is 13.0. The third-order valence-corrected chi connectivity index (χ3v) is 2.36. The fourth-order valence-electron chi connectivity index (χ4n) is 1.38. The minimum atomic E-state index is -0.451. The molecule has 0 atom stereocenters. The highest BCUT2D eigenvalue weighted by molar-refractivity contribution is 5.33. The SMILES string of the molecule is CNc1nc(OC)nc(Oc2cccc(C)c2F)n1. The molecule has 2 rings (SSSR count). The Bertz CT molecular complexity index is 570. The maximum Gasteiger partial charge on any atom is 0.330 e. The number of aromatic nitrogens is 3. The summed E-state index contributed by atoms with van der Waals surface area (Å²) in [4.78, 5) is 11.8. The zero-order valence-electron chi connectivity index (χ0n) is 10.8. The van der Waals surface area contributed by atoms with Crippen LogP contribution in [0.15, 0.2) is 18.2 Å². The lowest BCUT2D eigenvalue weighted by Crippen LogP contribution is -2.04. The molecule has 1 heterocycles. The van der Waals surface area contributed by atoms with E-state index in [0.29, 0.717) is 5.56 Å². The van der Waals surface area contributed by atoms with Crippen LogP contribution in [0.5, 0.6) is 17.8 Å². The first-order valence-electron chi connectivity index (χ1n) is 5.55. The van der Waals surface area contributed by atoms with Gasteiger partial charge in [-0.25, -0.2) is 4.39 Å². The molecule has 6 nitrogen and oxygen atoms in total. The summed E-state index contributed by atoms with van der Waals surface area (Å²) in [5, 5.41) is 2.74.